The highest BCUT2D eigenvalue weighted by molar-refractivity contribution is 5.76. The van der Waals surface area contributed by atoms with E-state index >= 15 is 0 Å². The molecule has 0 aliphatic carbocycles. The zero-order valence-electron chi connectivity index (χ0n) is 11.8. The van der Waals surface area contributed by atoms with Crippen molar-refractivity contribution in [3.8, 4) is 0 Å². The van der Waals surface area contributed by atoms with Crippen LogP contribution >= 0.6 is 0 Å². The van der Waals surface area contributed by atoms with Crippen molar-refractivity contribution in [3.05, 3.63) is 35.4 Å². The maximum atomic E-state index is 11.5. The predicted octanol–water partition coefficient (Wildman–Crippen LogP) is -0.470. The first-order chi connectivity index (χ1) is 9.88. The summed E-state index contributed by atoms with van der Waals surface area (Å²) in [5, 5.41) is 18.9. The van der Waals surface area contributed by atoms with Gasteiger partial charge in [0, 0.05) is 0 Å². The first-order valence-electron chi connectivity index (χ1n) is 6.49. The molecule has 0 aliphatic rings. The summed E-state index contributed by atoms with van der Waals surface area (Å²) in [4.78, 5) is 27.0. The van der Waals surface area contributed by atoms with E-state index in [4.69, 9.17) is 10.6 Å². The molecule has 5 N–H and O–H groups in total. The number of aliphatic hydroxyl groups is 2. The standard InChI is InChI=1S/C14H20N2O5/c1-9-2-4-10(5-3-9)8-21-16-14(20)7-12(18)11(17)6-13(15)19/h2-5,11-12,17-18H,6-8H2,1H3,(H2,15,19)(H,16,20). The van der Waals surface area contributed by atoms with Crippen molar-refractivity contribution in [2.24, 2.45) is 5.73 Å². The Hall–Kier alpha value is -1.96. The molecule has 0 aromatic heterocycles. The molecule has 0 saturated carbocycles. The largest absolute Gasteiger partial charge is 0.390 e. The quantitative estimate of drug-likeness (QED) is 0.483. The molecule has 0 spiro atoms. The van der Waals surface area contributed by atoms with Crippen LogP contribution in [0.1, 0.15) is 24.0 Å². The Morgan fingerprint density at radius 3 is 2.33 bits per heavy atom. The van der Waals surface area contributed by atoms with E-state index in [2.05, 4.69) is 5.48 Å². The van der Waals surface area contributed by atoms with E-state index in [1.807, 2.05) is 31.2 Å². The fourth-order valence-electron chi connectivity index (χ4n) is 1.59. The summed E-state index contributed by atoms with van der Waals surface area (Å²) in [6.45, 7) is 2.15. The summed E-state index contributed by atoms with van der Waals surface area (Å²) in [5.74, 6) is -1.35. The van der Waals surface area contributed by atoms with Gasteiger partial charge in [-0.2, -0.15) is 0 Å². The lowest BCUT2D eigenvalue weighted by Crippen LogP contribution is -2.36. The van der Waals surface area contributed by atoms with Crippen LogP contribution in [0, 0.1) is 6.92 Å². The molecule has 21 heavy (non-hydrogen) atoms. The number of amides is 2. The van der Waals surface area contributed by atoms with Crippen LogP contribution in [0.4, 0.5) is 0 Å². The van der Waals surface area contributed by atoms with Gasteiger partial charge in [0.1, 0.15) is 0 Å². The molecular formula is C14H20N2O5. The molecule has 0 saturated heterocycles. The number of nitrogens with one attached hydrogen (secondary N) is 1. The average molecular weight is 296 g/mol. The highest BCUT2D eigenvalue weighted by atomic mass is 16.6. The fourth-order valence-corrected chi connectivity index (χ4v) is 1.59. The number of aryl methyl sites for hydroxylation is 1. The SMILES string of the molecule is Cc1ccc(CONC(=O)CC(O)C(O)CC(N)=O)cc1. The molecule has 7 nitrogen and oxygen atoms in total. The summed E-state index contributed by atoms with van der Waals surface area (Å²) in [7, 11) is 0. The average Bonchev–Trinajstić information content (AvgIpc) is 2.40. The Kier molecular flexibility index (Phi) is 6.80. The van der Waals surface area contributed by atoms with Crippen molar-refractivity contribution < 1.29 is 24.6 Å². The predicted molar refractivity (Wildman–Crippen MR) is 74.6 cm³/mol. The van der Waals surface area contributed by atoms with E-state index < -0.39 is 30.4 Å². The molecule has 2 amide bonds. The van der Waals surface area contributed by atoms with E-state index in [-0.39, 0.29) is 13.0 Å². The number of nitrogens with two attached hydrogens (primary N) is 1. The van der Waals surface area contributed by atoms with Crippen LogP contribution in [0.3, 0.4) is 0 Å². The van der Waals surface area contributed by atoms with Crippen molar-refractivity contribution in [1.82, 2.24) is 5.48 Å². The molecule has 0 fully saturated rings. The van der Waals surface area contributed by atoms with Gasteiger partial charge < -0.3 is 15.9 Å². The number of carbonyl (C=O) groups is 2. The van der Waals surface area contributed by atoms with Gasteiger partial charge in [-0.25, -0.2) is 5.48 Å². The second-order valence-corrected chi connectivity index (χ2v) is 4.81. The van der Waals surface area contributed by atoms with E-state index in [1.54, 1.807) is 0 Å². The van der Waals surface area contributed by atoms with Crippen LogP contribution in [0.15, 0.2) is 24.3 Å². The molecule has 116 valence electrons. The van der Waals surface area contributed by atoms with Crippen LogP contribution in [0.25, 0.3) is 0 Å². The second kappa shape index (κ2) is 8.35. The molecular weight excluding hydrogens is 276 g/mol. The number of benzene rings is 1. The van der Waals surface area contributed by atoms with Gasteiger partial charge in [-0.05, 0) is 12.5 Å². The lowest BCUT2D eigenvalue weighted by Gasteiger charge is -2.15. The lowest BCUT2D eigenvalue weighted by molar-refractivity contribution is -0.139. The summed E-state index contributed by atoms with van der Waals surface area (Å²) in [6.07, 6.45) is -3.54. The third-order valence-corrected chi connectivity index (χ3v) is 2.79. The highest BCUT2D eigenvalue weighted by Gasteiger charge is 2.21. The van der Waals surface area contributed by atoms with Gasteiger partial charge >= 0.3 is 0 Å². The van der Waals surface area contributed by atoms with E-state index in [0.717, 1.165) is 11.1 Å². The third kappa shape index (κ3) is 6.84. The Morgan fingerprint density at radius 2 is 1.76 bits per heavy atom. The highest BCUT2D eigenvalue weighted by Crippen LogP contribution is 2.05. The number of primary amides is 1. The molecule has 1 aromatic rings. The Bertz CT molecular complexity index is 475. The third-order valence-electron chi connectivity index (χ3n) is 2.79. The van der Waals surface area contributed by atoms with Gasteiger partial charge in [0.25, 0.3) is 0 Å². The molecule has 1 rings (SSSR count). The lowest BCUT2D eigenvalue weighted by atomic mass is 10.1. The molecule has 1 aromatic carbocycles. The van der Waals surface area contributed by atoms with Crippen LogP contribution in [0.5, 0.6) is 0 Å². The fraction of sp³-hybridized carbons (Fsp3) is 0.429. The molecule has 0 heterocycles. The van der Waals surface area contributed by atoms with Gasteiger partial charge in [-0.1, -0.05) is 29.8 Å². The monoisotopic (exact) mass is 296 g/mol. The van der Waals surface area contributed by atoms with Crippen molar-refractivity contribution in [1.29, 1.82) is 0 Å². The smallest absolute Gasteiger partial charge is 0.246 e. The van der Waals surface area contributed by atoms with E-state index in [0.29, 0.717) is 0 Å². The zero-order valence-corrected chi connectivity index (χ0v) is 11.8. The Labute approximate surface area is 122 Å². The normalized spacial score (nSPS) is 13.5. The van der Waals surface area contributed by atoms with Gasteiger partial charge in [0.05, 0.1) is 31.7 Å². The molecule has 2 atom stereocenters. The summed E-state index contributed by atoms with van der Waals surface area (Å²) < 4.78 is 0. The van der Waals surface area contributed by atoms with E-state index in [9.17, 15) is 19.8 Å². The summed E-state index contributed by atoms with van der Waals surface area (Å²) >= 11 is 0. The second-order valence-electron chi connectivity index (χ2n) is 4.81. The number of carbonyl (C=O) groups excluding carboxylic acids is 2. The Morgan fingerprint density at radius 1 is 1.19 bits per heavy atom. The molecule has 7 heteroatoms. The number of hydroxylamine groups is 1. The topological polar surface area (TPSA) is 122 Å². The summed E-state index contributed by atoms with van der Waals surface area (Å²) in [6, 6.07) is 7.58. The van der Waals surface area contributed by atoms with Crippen LogP contribution < -0.4 is 11.2 Å². The van der Waals surface area contributed by atoms with Crippen LogP contribution in [-0.4, -0.2) is 34.2 Å². The minimum absolute atomic E-state index is 0.186. The minimum Gasteiger partial charge on any atom is -0.390 e. The van der Waals surface area contributed by atoms with Crippen molar-refractivity contribution >= 4 is 11.8 Å². The molecule has 0 bridgehead atoms. The van der Waals surface area contributed by atoms with Crippen molar-refractivity contribution in [2.45, 2.75) is 38.6 Å². The van der Waals surface area contributed by atoms with E-state index in [1.165, 1.54) is 0 Å². The minimum atomic E-state index is -1.37. The number of hydrogen-bond donors (Lipinski definition) is 4. The Balaban J connectivity index is 2.27. The maximum absolute atomic E-state index is 11.5. The maximum Gasteiger partial charge on any atom is 0.246 e. The molecule has 0 radical (unpaired) electrons. The van der Waals surface area contributed by atoms with Gasteiger partial charge in [-0.3, -0.25) is 14.4 Å². The van der Waals surface area contributed by atoms with Crippen LogP contribution in [0.2, 0.25) is 0 Å². The summed E-state index contributed by atoms with van der Waals surface area (Å²) in [5.41, 5.74) is 9.04. The number of rotatable bonds is 8. The molecule has 0 aliphatic heterocycles. The van der Waals surface area contributed by atoms with Gasteiger partial charge in [0.2, 0.25) is 11.8 Å². The van der Waals surface area contributed by atoms with Gasteiger partial charge in [-0.15, -0.1) is 0 Å². The number of aliphatic hydroxyl groups excluding tert-OH is 2. The molecule has 2 unspecified atom stereocenters. The van der Waals surface area contributed by atoms with Crippen molar-refractivity contribution in [2.75, 3.05) is 0 Å². The van der Waals surface area contributed by atoms with Gasteiger partial charge in [0.15, 0.2) is 0 Å². The first kappa shape index (κ1) is 17.1. The number of hydrogen-bond acceptors (Lipinski definition) is 5. The first-order valence-corrected chi connectivity index (χ1v) is 6.49. The zero-order chi connectivity index (χ0) is 15.8. The van der Waals surface area contributed by atoms with Crippen LogP contribution in [-0.2, 0) is 21.0 Å². The van der Waals surface area contributed by atoms with Crippen molar-refractivity contribution in [3.63, 3.8) is 0 Å².